The summed E-state index contributed by atoms with van der Waals surface area (Å²) in [6.45, 7) is 5.81. The molecule has 0 radical (unpaired) electrons. The fourth-order valence-electron chi connectivity index (χ4n) is 2.05. The van der Waals surface area contributed by atoms with Crippen LogP contribution >= 0.6 is 11.8 Å². The van der Waals surface area contributed by atoms with Crippen LogP contribution in [0.5, 0.6) is 17.2 Å². The SMILES string of the molecule is COc1cc(NC(=O)CSCCNC(=O)OC(C)(C)C)cc(OC)c1OC. The second kappa shape index (κ2) is 10.8. The number of thioether (sulfide) groups is 1. The number of carbonyl (C=O) groups is 2. The topological polar surface area (TPSA) is 95.1 Å². The van der Waals surface area contributed by atoms with Gasteiger partial charge in [-0.3, -0.25) is 4.79 Å². The Morgan fingerprint density at radius 3 is 2.11 bits per heavy atom. The highest BCUT2D eigenvalue weighted by Gasteiger charge is 2.16. The first-order chi connectivity index (χ1) is 12.7. The molecule has 0 saturated carbocycles. The van der Waals surface area contributed by atoms with Gasteiger partial charge in [0, 0.05) is 30.1 Å². The maximum atomic E-state index is 12.1. The Morgan fingerprint density at radius 1 is 1.04 bits per heavy atom. The van der Waals surface area contributed by atoms with Crippen LogP contribution in [0.4, 0.5) is 10.5 Å². The molecule has 0 spiro atoms. The van der Waals surface area contributed by atoms with Crippen LogP contribution in [0.15, 0.2) is 12.1 Å². The van der Waals surface area contributed by atoms with E-state index in [2.05, 4.69) is 10.6 Å². The van der Waals surface area contributed by atoms with Gasteiger partial charge < -0.3 is 29.6 Å². The van der Waals surface area contributed by atoms with Crippen LogP contribution in [0, 0.1) is 0 Å². The van der Waals surface area contributed by atoms with E-state index >= 15 is 0 Å². The average molecular weight is 400 g/mol. The molecule has 1 aromatic carbocycles. The molecular formula is C18H28N2O6S. The Balaban J connectivity index is 2.44. The van der Waals surface area contributed by atoms with Gasteiger partial charge in [0.1, 0.15) is 5.60 Å². The summed E-state index contributed by atoms with van der Waals surface area (Å²) in [6.07, 6.45) is -0.468. The van der Waals surface area contributed by atoms with Crippen LogP contribution < -0.4 is 24.8 Å². The van der Waals surface area contributed by atoms with Gasteiger partial charge >= 0.3 is 6.09 Å². The van der Waals surface area contributed by atoms with E-state index < -0.39 is 11.7 Å². The summed E-state index contributed by atoms with van der Waals surface area (Å²) in [5.74, 6) is 2.03. The van der Waals surface area contributed by atoms with Crippen molar-refractivity contribution in [1.29, 1.82) is 0 Å². The van der Waals surface area contributed by atoms with Crippen molar-refractivity contribution in [3.05, 3.63) is 12.1 Å². The molecule has 152 valence electrons. The lowest BCUT2D eigenvalue weighted by molar-refractivity contribution is -0.113. The van der Waals surface area contributed by atoms with Crippen molar-refractivity contribution < 1.29 is 28.5 Å². The molecule has 1 rings (SSSR count). The summed E-state index contributed by atoms with van der Waals surface area (Å²) in [7, 11) is 4.54. The molecular weight excluding hydrogens is 372 g/mol. The number of hydrogen-bond acceptors (Lipinski definition) is 7. The summed E-state index contributed by atoms with van der Waals surface area (Å²) in [5, 5.41) is 5.43. The fraction of sp³-hybridized carbons (Fsp3) is 0.556. The van der Waals surface area contributed by atoms with Gasteiger partial charge in [-0.15, -0.1) is 0 Å². The second-order valence-corrected chi connectivity index (χ2v) is 7.55. The summed E-state index contributed by atoms with van der Waals surface area (Å²) < 4.78 is 20.9. The zero-order valence-electron chi connectivity index (χ0n) is 16.6. The first kappa shape index (κ1) is 22.8. The van der Waals surface area contributed by atoms with Crippen molar-refractivity contribution in [2.45, 2.75) is 26.4 Å². The molecule has 0 unspecified atom stereocenters. The molecule has 2 N–H and O–H groups in total. The number of benzene rings is 1. The number of hydrogen-bond donors (Lipinski definition) is 2. The minimum absolute atomic E-state index is 0.174. The Bertz CT molecular complexity index is 620. The molecule has 9 heteroatoms. The normalized spacial score (nSPS) is 10.7. The number of nitrogens with one attached hydrogen (secondary N) is 2. The van der Waals surface area contributed by atoms with E-state index in [0.29, 0.717) is 35.2 Å². The lowest BCUT2D eigenvalue weighted by Crippen LogP contribution is -2.33. The Hall–Kier alpha value is -2.29. The third kappa shape index (κ3) is 8.29. The van der Waals surface area contributed by atoms with Gasteiger partial charge in [-0.05, 0) is 20.8 Å². The van der Waals surface area contributed by atoms with E-state index in [1.165, 1.54) is 33.1 Å². The predicted octanol–water partition coefficient (Wildman–Crippen LogP) is 2.91. The smallest absolute Gasteiger partial charge is 0.407 e. The van der Waals surface area contributed by atoms with E-state index in [0.717, 1.165) is 0 Å². The first-order valence-corrected chi connectivity index (χ1v) is 9.50. The van der Waals surface area contributed by atoms with Crippen LogP contribution in [0.25, 0.3) is 0 Å². The number of alkyl carbamates (subject to hydrolysis) is 1. The van der Waals surface area contributed by atoms with Crippen molar-refractivity contribution >= 4 is 29.4 Å². The molecule has 0 aliphatic carbocycles. The molecule has 27 heavy (non-hydrogen) atoms. The molecule has 0 heterocycles. The van der Waals surface area contributed by atoms with Gasteiger partial charge in [-0.1, -0.05) is 0 Å². The van der Waals surface area contributed by atoms with Crippen molar-refractivity contribution in [2.24, 2.45) is 0 Å². The molecule has 2 amide bonds. The van der Waals surface area contributed by atoms with Gasteiger partial charge in [0.05, 0.1) is 27.1 Å². The first-order valence-electron chi connectivity index (χ1n) is 8.34. The number of methoxy groups -OCH3 is 3. The molecule has 8 nitrogen and oxygen atoms in total. The Morgan fingerprint density at radius 2 is 1.63 bits per heavy atom. The Kier molecular flexibility index (Phi) is 9.07. The molecule has 0 aliphatic heterocycles. The molecule has 0 saturated heterocycles. The standard InChI is InChI=1S/C18H28N2O6S/c1-18(2,3)26-17(22)19-7-8-27-11-15(21)20-12-9-13(23-4)16(25-6)14(10-12)24-5/h9-10H,7-8,11H2,1-6H3,(H,19,22)(H,20,21). The second-order valence-electron chi connectivity index (χ2n) is 6.44. The van der Waals surface area contributed by atoms with Crippen LogP contribution in [-0.4, -0.2) is 57.0 Å². The highest BCUT2D eigenvalue weighted by molar-refractivity contribution is 7.99. The van der Waals surface area contributed by atoms with Crippen molar-refractivity contribution in [3.63, 3.8) is 0 Å². The predicted molar refractivity (Wildman–Crippen MR) is 106 cm³/mol. The zero-order chi connectivity index (χ0) is 20.4. The fourth-order valence-corrected chi connectivity index (χ4v) is 2.70. The monoisotopic (exact) mass is 400 g/mol. The van der Waals surface area contributed by atoms with E-state index in [1.54, 1.807) is 32.9 Å². The molecule has 1 aromatic rings. The molecule has 0 aliphatic rings. The minimum Gasteiger partial charge on any atom is -0.493 e. The number of ether oxygens (including phenoxy) is 4. The van der Waals surface area contributed by atoms with Gasteiger partial charge in [0.15, 0.2) is 11.5 Å². The van der Waals surface area contributed by atoms with E-state index in [9.17, 15) is 9.59 Å². The van der Waals surface area contributed by atoms with E-state index in [-0.39, 0.29) is 11.7 Å². The maximum absolute atomic E-state index is 12.1. The lowest BCUT2D eigenvalue weighted by Gasteiger charge is -2.19. The summed E-state index contributed by atoms with van der Waals surface area (Å²) in [4.78, 5) is 23.6. The van der Waals surface area contributed by atoms with Crippen LogP contribution in [0.3, 0.4) is 0 Å². The zero-order valence-corrected chi connectivity index (χ0v) is 17.5. The molecule has 0 fully saturated rings. The van der Waals surface area contributed by atoms with Gasteiger partial charge in [-0.25, -0.2) is 4.79 Å². The van der Waals surface area contributed by atoms with E-state index in [1.807, 2.05) is 0 Å². The molecule has 0 atom stereocenters. The van der Waals surface area contributed by atoms with Gasteiger partial charge in [0.2, 0.25) is 11.7 Å². The summed E-state index contributed by atoms with van der Waals surface area (Å²) in [5.41, 5.74) is 0.0133. The minimum atomic E-state index is -0.530. The third-order valence-corrected chi connectivity index (χ3v) is 4.06. The maximum Gasteiger partial charge on any atom is 0.407 e. The highest BCUT2D eigenvalue weighted by Crippen LogP contribution is 2.39. The van der Waals surface area contributed by atoms with Gasteiger partial charge in [-0.2, -0.15) is 11.8 Å². The number of carbonyl (C=O) groups excluding carboxylic acids is 2. The number of anilines is 1. The van der Waals surface area contributed by atoms with Crippen LogP contribution in [0.2, 0.25) is 0 Å². The lowest BCUT2D eigenvalue weighted by atomic mass is 10.2. The average Bonchev–Trinajstić information content (AvgIpc) is 2.58. The summed E-state index contributed by atoms with van der Waals surface area (Å²) in [6, 6.07) is 3.32. The number of amides is 2. The molecule has 0 bridgehead atoms. The largest absolute Gasteiger partial charge is 0.493 e. The van der Waals surface area contributed by atoms with Crippen LogP contribution in [0.1, 0.15) is 20.8 Å². The number of rotatable bonds is 9. The van der Waals surface area contributed by atoms with Crippen molar-refractivity contribution in [3.8, 4) is 17.2 Å². The van der Waals surface area contributed by atoms with E-state index in [4.69, 9.17) is 18.9 Å². The van der Waals surface area contributed by atoms with Crippen molar-refractivity contribution in [1.82, 2.24) is 5.32 Å². The van der Waals surface area contributed by atoms with Gasteiger partial charge in [0.25, 0.3) is 0 Å². The third-order valence-electron chi connectivity index (χ3n) is 3.10. The summed E-state index contributed by atoms with van der Waals surface area (Å²) >= 11 is 1.40. The quantitative estimate of drug-likeness (QED) is 0.615. The van der Waals surface area contributed by atoms with Crippen LogP contribution in [-0.2, 0) is 9.53 Å². The van der Waals surface area contributed by atoms with Crippen molar-refractivity contribution in [2.75, 3.05) is 44.7 Å². The Labute approximate surface area is 164 Å². The molecule has 0 aromatic heterocycles. The highest BCUT2D eigenvalue weighted by atomic mass is 32.2.